The molecule has 2 aliphatic carbocycles. The smallest absolute Gasteiger partial charge is 0.323 e. The molecule has 0 heterocycles. The Labute approximate surface area is 353 Å². The molecular weight excluding hydrogens is 849 g/mol. The van der Waals surface area contributed by atoms with E-state index < -0.39 is 71.0 Å². The van der Waals surface area contributed by atoms with Gasteiger partial charge in [-0.15, -0.1) is 0 Å². The molecule has 0 radical (unpaired) electrons. The minimum Gasteiger partial charge on any atom is -0.481 e. The summed E-state index contributed by atoms with van der Waals surface area (Å²) in [6.45, 7) is 0. The highest BCUT2D eigenvalue weighted by atomic mass is 32.2. The van der Waals surface area contributed by atoms with E-state index in [1.165, 1.54) is 36.4 Å². The zero-order chi connectivity index (χ0) is 44.8. The Morgan fingerprint density at radius 1 is 0.532 bits per heavy atom. The molecule has 320 valence electrons. The van der Waals surface area contributed by atoms with Crippen molar-refractivity contribution in [2.75, 3.05) is 21.5 Å². The maximum absolute atomic E-state index is 13.5. The summed E-state index contributed by atoms with van der Waals surface area (Å²) in [5.41, 5.74) is 6.65. The Kier molecular flexibility index (Phi) is 13.2. The number of aliphatic carboxylic acids is 2. The third-order valence-corrected chi connectivity index (χ3v) is 11.1. The number of allylic oxidation sites excluding steroid dienone is 2. The van der Waals surface area contributed by atoms with Crippen LogP contribution in [-0.2, 0) is 42.7 Å². The van der Waals surface area contributed by atoms with E-state index in [0.29, 0.717) is 37.1 Å². The highest BCUT2D eigenvalue weighted by Crippen LogP contribution is 2.30. The number of carbonyl (C=O) groups excluding carboxylic acids is 3. The number of Topliss-reactive ketones (excluding diaryl/α,β-unsaturated/α-hetero) is 2. The number of nitrogens with zero attached hydrogens (tertiary/aromatic N) is 2. The standard InChI is InChI=1S/C41H36N6O13S2/c48-35(49)5-1-3-23-7-11-27(12-8-23)44-46-37-33(61(55,56)57)21-25-19-29(15-17-31(25)39(37)52)42-41(54)43-30-16-18-32-26(20-30)22-34(62(58,59)60)38(40(32)53)47-45-28-13-9-24(10-14-28)4-2-6-36(50)51/h7-22,44-45H,1-6H2,(H,48,49)(H,50,51)(H2,42,43,54)(H,55,56,57)(H,58,59,60)/b46-37-,47-38-. The first-order valence-corrected chi connectivity index (χ1v) is 21.4. The summed E-state index contributed by atoms with van der Waals surface area (Å²) in [5.74, 6) is -3.52. The van der Waals surface area contributed by atoms with Crippen molar-refractivity contribution in [3.63, 3.8) is 0 Å². The summed E-state index contributed by atoms with van der Waals surface area (Å²) in [6.07, 6.45) is 3.91. The van der Waals surface area contributed by atoms with Crippen LogP contribution in [0, 0.1) is 0 Å². The molecule has 8 N–H and O–H groups in total. The van der Waals surface area contributed by atoms with Gasteiger partial charge in [-0.3, -0.25) is 39.1 Å². The highest BCUT2D eigenvalue weighted by molar-refractivity contribution is 7.91. The molecule has 2 aliphatic rings. The van der Waals surface area contributed by atoms with Crippen molar-refractivity contribution < 1.29 is 60.1 Å². The number of rotatable bonds is 16. The molecule has 2 amide bonds. The number of urea groups is 1. The van der Waals surface area contributed by atoms with Gasteiger partial charge in [0.1, 0.15) is 9.81 Å². The minimum absolute atomic E-state index is 0.000512. The van der Waals surface area contributed by atoms with Gasteiger partial charge >= 0.3 is 18.0 Å². The van der Waals surface area contributed by atoms with Gasteiger partial charge in [0.15, 0.2) is 11.4 Å². The van der Waals surface area contributed by atoms with E-state index >= 15 is 0 Å². The molecule has 0 saturated carbocycles. The van der Waals surface area contributed by atoms with Crippen LogP contribution in [0.15, 0.2) is 105 Å². The summed E-state index contributed by atoms with van der Waals surface area (Å²) in [4.78, 5) is 59.9. The maximum Gasteiger partial charge on any atom is 0.323 e. The number of anilines is 4. The predicted molar refractivity (Wildman–Crippen MR) is 229 cm³/mol. The van der Waals surface area contributed by atoms with Gasteiger partial charge in [-0.25, -0.2) is 4.79 Å². The average Bonchev–Trinajstić information content (AvgIpc) is 3.20. The summed E-state index contributed by atoms with van der Waals surface area (Å²) in [7, 11) is -9.98. The normalized spacial score (nSPS) is 14.9. The van der Waals surface area contributed by atoms with Crippen molar-refractivity contribution in [3.05, 3.63) is 128 Å². The lowest BCUT2D eigenvalue weighted by molar-refractivity contribution is -0.138. The summed E-state index contributed by atoms with van der Waals surface area (Å²) in [5, 5.41) is 30.6. The number of hydrogen-bond donors (Lipinski definition) is 8. The number of carboxylic acid groups (broad SMARTS) is 2. The van der Waals surface area contributed by atoms with Crippen LogP contribution in [0.1, 0.15) is 68.7 Å². The van der Waals surface area contributed by atoms with Gasteiger partial charge in [0.2, 0.25) is 11.6 Å². The second-order valence-electron chi connectivity index (χ2n) is 13.8. The van der Waals surface area contributed by atoms with Gasteiger partial charge in [0.25, 0.3) is 20.2 Å². The molecule has 0 atom stereocenters. The Morgan fingerprint density at radius 3 is 1.23 bits per heavy atom. The van der Waals surface area contributed by atoms with E-state index in [9.17, 15) is 49.9 Å². The molecule has 0 spiro atoms. The fourth-order valence-electron chi connectivity index (χ4n) is 6.35. The first kappa shape index (κ1) is 44.2. The van der Waals surface area contributed by atoms with E-state index in [1.807, 2.05) is 0 Å². The number of aryl methyl sites for hydroxylation is 2. The Bertz CT molecular complexity index is 2660. The molecule has 0 aliphatic heterocycles. The van der Waals surface area contributed by atoms with Crippen molar-refractivity contribution in [1.82, 2.24) is 0 Å². The SMILES string of the molecule is O=C(O)CCCc1ccc(N/N=C2\C(=O)c3ccc(NC(=O)Nc4ccc5c(c4)C=C(S(=O)(=O)O)/C(=N/Nc4ccc(CCCC(=O)O)cc4)C5=O)cc3C=C2S(=O)(=O)O)cc1. The lowest BCUT2D eigenvalue weighted by Gasteiger charge is -2.18. The van der Waals surface area contributed by atoms with Crippen molar-refractivity contribution in [2.45, 2.75) is 38.5 Å². The summed E-state index contributed by atoms with van der Waals surface area (Å²) in [6, 6.07) is 20.3. The first-order valence-electron chi connectivity index (χ1n) is 18.5. The van der Waals surface area contributed by atoms with Gasteiger partial charge in [0.05, 0.1) is 11.4 Å². The van der Waals surface area contributed by atoms with E-state index in [-0.39, 0.29) is 46.5 Å². The minimum atomic E-state index is -4.99. The molecule has 4 aromatic carbocycles. The molecule has 0 unspecified atom stereocenters. The van der Waals surface area contributed by atoms with E-state index in [4.69, 9.17) is 10.2 Å². The van der Waals surface area contributed by atoms with Crippen molar-refractivity contribution in [1.29, 1.82) is 0 Å². The van der Waals surface area contributed by atoms with Crippen LogP contribution >= 0.6 is 0 Å². The van der Waals surface area contributed by atoms with Crippen LogP contribution in [0.3, 0.4) is 0 Å². The molecule has 0 bridgehead atoms. The van der Waals surface area contributed by atoms with Gasteiger partial charge in [-0.2, -0.15) is 27.0 Å². The van der Waals surface area contributed by atoms with Gasteiger partial charge in [-0.05, 0) is 121 Å². The van der Waals surface area contributed by atoms with Crippen molar-refractivity contribution >= 4 is 96.1 Å². The average molecular weight is 885 g/mol. The van der Waals surface area contributed by atoms with Crippen LogP contribution in [0.25, 0.3) is 12.2 Å². The molecular formula is C41H36N6O13S2. The molecule has 0 fully saturated rings. The third kappa shape index (κ3) is 11.1. The lowest BCUT2D eigenvalue weighted by atomic mass is 9.94. The number of fused-ring (bicyclic) bond motifs is 2. The number of hydrogen-bond acceptors (Lipinski definition) is 13. The zero-order valence-electron chi connectivity index (χ0n) is 32.2. The number of benzene rings is 4. The molecule has 0 saturated heterocycles. The molecule has 6 rings (SSSR count). The fourth-order valence-corrected chi connectivity index (χ4v) is 7.67. The highest BCUT2D eigenvalue weighted by Gasteiger charge is 2.34. The van der Waals surface area contributed by atoms with Gasteiger partial charge < -0.3 is 20.8 Å². The number of hydrazone groups is 2. The summed E-state index contributed by atoms with van der Waals surface area (Å²) >= 11 is 0. The molecule has 0 aromatic heterocycles. The van der Waals surface area contributed by atoms with Crippen LogP contribution in [0.4, 0.5) is 27.5 Å². The molecule has 19 nitrogen and oxygen atoms in total. The van der Waals surface area contributed by atoms with Crippen LogP contribution in [-0.4, -0.2) is 77.1 Å². The Hall–Kier alpha value is -7.33. The van der Waals surface area contributed by atoms with Crippen molar-refractivity contribution in [3.8, 4) is 0 Å². The Balaban J connectivity index is 1.14. The number of amides is 2. The van der Waals surface area contributed by atoms with Crippen LogP contribution < -0.4 is 21.5 Å². The third-order valence-electron chi connectivity index (χ3n) is 9.35. The number of carboxylic acids is 2. The van der Waals surface area contributed by atoms with E-state index in [2.05, 4.69) is 31.7 Å². The first-order chi connectivity index (χ1) is 29.3. The Morgan fingerprint density at radius 2 is 0.887 bits per heavy atom. The van der Waals surface area contributed by atoms with Crippen LogP contribution in [0.2, 0.25) is 0 Å². The van der Waals surface area contributed by atoms with Gasteiger partial charge in [-0.1, -0.05) is 24.3 Å². The number of ketones is 2. The topological polar surface area (TPSA) is 307 Å². The van der Waals surface area contributed by atoms with Crippen LogP contribution in [0.5, 0.6) is 0 Å². The largest absolute Gasteiger partial charge is 0.481 e. The second kappa shape index (κ2) is 18.5. The van der Waals surface area contributed by atoms with Gasteiger partial charge in [0, 0.05) is 35.3 Å². The molecule has 62 heavy (non-hydrogen) atoms. The van der Waals surface area contributed by atoms with Crippen molar-refractivity contribution in [2.24, 2.45) is 10.2 Å². The van der Waals surface area contributed by atoms with E-state index in [0.717, 1.165) is 23.3 Å². The van der Waals surface area contributed by atoms with E-state index in [1.54, 1.807) is 48.5 Å². The monoisotopic (exact) mass is 884 g/mol. The molecule has 4 aromatic rings. The quantitative estimate of drug-likeness (QED) is 0.0478. The second-order valence-corrected chi connectivity index (χ2v) is 16.6. The number of carbonyl (C=O) groups is 5. The molecule has 21 heteroatoms. The number of nitrogens with one attached hydrogen (secondary N) is 4. The zero-order valence-corrected chi connectivity index (χ0v) is 33.8. The predicted octanol–water partition coefficient (Wildman–Crippen LogP) is 5.93. The maximum atomic E-state index is 13.5. The lowest BCUT2D eigenvalue weighted by Crippen LogP contribution is -2.27. The fraction of sp³-hybridized carbons (Fsp3) is 0.146. The summed E-state index contributed by atoms with van der Waals surface area (Å²) < 4.78 is 69.6.